The van der Waals surface area contributed by atoms with Gasteiger partial charge in [0, 0.05) is 25.1 Å². The number of benzene rings is 2. The lowest BCUT2D eigenvalue weighted by Gasteiger charge is -2.30. The average Bonchev–Trinajstić information content (AvgIpc) is 2.70. The number of phenols is 1. The summed E-state index contributed by atoms with van der Waals surface area (Å²) in [6.45, 7) is 0.983. The van der Waals surface area contributed by atoms with Crippen LogP contribution in [0.15, 0.2) is 48.5 Å². The van der Waals surface area contributed by atoms with Crippen LogP contribution in [-0.2, 0) is 9.59 Å². The van der Waals surface area contributed by atoms with E-state index in [9.17, 15) is 14.7 Å². The Balaban J connectivity index is 1.54. The SMILES string of the molecule is O=C(Nc1ccccc1O)C1CCN(C(=O)/C=C/c2cccc(Cl)c2Cl)CC1. The average molecular weight is 419 g/mol. The Bertz CT molecular complexity index is 906. The van der Waals surface area contributed by atoms with Crippen molar-refractivity contribution < 1.29 is 14.7 Å². The van der Waals surface area contributed by atoms with Gasteiger partial charge in [-0.25, -0.2) is 0 Å². The number of hydrogen-bond acceptors (Lipinski definition) is 3. The summed E-state index contributed by atoms with van der Waals surface area (Å²) in [4.78, 5) is 26.5. The van der Waals surface area contributed by atoms with Gasteiger partial charge in [0.1, 0.15) is 5.75 Å². The number of phenolic OH excluding ortho intramolecular Hbond substituents is 1. The van der Waals surface area contributed by atoms with Crippen LogP contribution in [0.4, 0.5) is 5.69 Å². The molecule has 1 aliphatic rings. The summed E-state index contributed by atoms with van der Waals surface area (Å²) in [6.07, 6.45) is 4.25. The molecule has 0 atom stereocenters. The summed E-state index contributed by atoms with van der Waals surface area (Å²) in [6, 6.07) is 11.9. The molecule has 1 heterocycles. The largest absolute Gasteiger partial charge is 0.506 e. The van der Waals surface area contributed by atoms with Gasteiger partial charge in [-0.3, -0.25) is 9.59 Å². The fraction of sp³-hybridized carbons (Fsp3) is 0.238. The number of likely N-dealkylation sites (tertiary alicyclic amines) is 1. The van der Waals surface area contributed by atoms with Crippen molar-refractivity contribution >= 4 is 46.8 Å². The van der Waals surface area contributed by atoms with Crippen LogP contribution < -0.4 is 5.32 Å². The van der Waals surface area contributed by atoms with Crippen molar-refractivity contribution in [3.8, 4) is 5.75 Å². The van der Waals surface area contributed by atoms with E-state index in [1.54, 1.807) is 47.4 Å². The van der Waals surface area contributed by atoms with Crippen LogP contribution in [0.25, 0.3) is 6.08 Å². The summed E-state index contributed by atoms with van der Waals surface area (Å²) in [7, 11) is 0. The van der Waals surface area contributed by atoms with Crippen molar-refractivity contribution in [2.75, 3.05) is 18.4 Å². The topological polar surface area (TPSA) is 69.6 Å². The maximum absolute atomic E-state index is 12.4. The molecule has 0 radical (unpaired) electrons. The summed E-state index contributed by atoms with van der Waals surface area (Å²) in [5.74, 6) is -0.436. The van der Waals surface area contributed by atoms with Crippen LogP contribution >= 0.6 is 23.2 Å². The number of rotatable bonds is 4. The molecule has 2 aromatic carbocycles. The number of para-hydroxylation sites is 2. The number of nitrogens with zero attached hydrogens (tertiary/aromatic N) is 1. The van der Waals surface area contributed by atoms with Gasteiger partial charge in [-0.15, -0.1) is 0 Å². The number of amides is 2. The molecule has 0 aliphatic carbocycles. The third-order valence-corrected chi connectivity index (χ3v) is 5.56. The van der Waals surface area contributed by atoms with E-state index in [0.29, 0.717) is 47.2 Å². The molecule has 146 valence electrons. The number of anilines is 1. The van der Waals surface area contributed by atoms with Crippen LogP contribution in [0, 0.1) is 5.92 Å². The molecular weight excluding hydrogens is 399 g/mol. The highest BCUT2D eigenvalue weighted by atomic mass is 35.5. The molecule has 0 unspecified atom stereocenters. The molecule has 2 amide bonds. The summed E-state index contributed by atoms with van der Waals surface area (Å²) in [5.41, 5.74) is 1.08. The molecule has 2 N–H and O–H groups in total. The molecule has 1 fully saturated rings. The van der Waals surface area contributed by atoms with Crippen LogP contribution in [0.5, 0.6) is 5.75 Å². The third kappa shape index (κ3) is 4.86. The second kappa shape index (κ2) is 9.13. The zero-order valence-electron chi connectivity index (χ0n) is 15.1. The Morgan fingerprint density at radius 2 is 1.79 bits per heavy atom. The molecular formula is C21H20Cl2N2O3. The van der Waals surface area contributed by atoms with E-state index in [-0.39, 0.29) is 23.5 Å². The smallest absolute Gasteiger partial charge is 0.246 e. The Kier molecular flexibility index (Phi) is 6.60. The fourth-order valence-corrected chi connectivity index (χ4v) is 3.46. The van der Waals surface area contributed by atoms with Crippen molar-refractivity contribution in [3.63, 3.8) is 0 Å². The minimum Gasteiger partial charge on any atom is -0.506 e. The van der Waals surface area contributed by atoms with Crippen molar-refractivity contribution in [2.45, 2.75) is 12.8 Å². The van der Waals surface area contributed by atoms with Gasteiger partial charge in [0.05, 0.1) is 15.7 Å². The summed E-state index contributed by atoms with van der Waals surface area (Å²) < 4.78 is 0. The second-order valence-electron chi connectivity index (χ2n) is 6.58. The Labute approximate surface area is 173 Å². The van der Waals surface area contributed by atoms with Crippen molar-refractivity contribution in [2.24, 2.45) is 5.92 Å². The minimum absolute atomic E-state index is 0.0354. The number of halogens is 2. The molecule has 1 saturated heterocycles. The van der Waals surface area contributed by atoms with E-state index >= 15 is 0 Å². The summed E-state index contributed by atoms with van der Waals surface area (Å²) >= 11 is 12.1. The van der Waals surface area contributed by atoms with Gasteiger partial charge in [-0.05, 0) is 42.7 Å². The van der Waals surface area contributed by atoms with Gasteiger partial charge in [-0.1, -0.05) is 47.5 Å². The lowest BCUT2D eigenvalue weighted by molar-refractivity contribution is -0.130. The van der Waals surface area contributed by atoms with Crippen molar-refractivity contribution in [1.82, 2.24) is 4.90 Å². The Morgan fingerprint density at radius 1 is 1.07 bits per heavy atom. The van der Waals surface area contributed by atoms with Gasteiger partial charge in [0.15, 0.2) is 0 Å². The molecule has 0 saturated carbocycles. The number of carbonyl (C=O) groups is 2. The zero-order valence-corrected chi connectivity index (χ0v) is 16.6. The van der Waals surface area contributed by atoms with Crippen LogP contribution in [0.1, 0.15) is 18.4 Å². The Morgan fingerprint density at radius 3 is 2.50 bits per heavy atom. The summed E-state index contributed by atoms with van der Waals surface area (Å²) in [5, 5.41) is 13.4. The first-order valence-electron chi connectivity index (χ1n) is 8.95. The first-order chi connectivity index (χ1) is 13.5. The van der Waals surface area contributed by atoms with E-state index in [1.165, 1.54) is 12.1 Å². The molecule has 2 aromatic rings. The molecule has 7 heteroatoms. The highest BCUT2D eigenvalue weighted by Crippen LogP contribution is 2.27. The minimum atomic E-state index is -0.199. The van der Waals surface area contributed by atoms with Crippen molar-refractivity contribution in [3.05, 3.63) is 64.1 Å². The first kappa shape index (κ1) is 20.2. The molecule has 28 heavy (non-hydrogen) atoms. The lowest BCUT2D eigenvalue weighted by atomic mass is 9.95. The maximum atomic E-state index is 12.4. The van der Waals surface area contributed by atoms with E-state index in [2.05, 4.69) is 5.32 Å². The van der Waals surface area contributed by atoms with E-state index in [4.69, 9.17) is 23.2 Å². The molecule has 1 aliphatic heterocycles. The van der Waals surface area contributed by atoms with Gasteiger partial charge in [0.2, 0.25) is 11.8 Å². The highest BCUT2D eigenvalue weighted by molar-refractivity contribution is 6.42. The van der Waals surface area contributed by atoms with E-state index in [1.807, 2.05) is 0 Å². The maximum Gasteiger partial charge on any atom is 0.246 e. The highest BCUT2D eigenvalue weighted by Gasteiger charge is 2.27. The predicted octanol–water partition coefficient (Wildman–Crippen LogP) is 4.59. The quantitative estimate of drug-likeness (QED) is 0.563. The van der Waals surface area contributed by atoms with Crippen LogP contribution in [0.2, 0.25) is 10.0 Å². The van der Waals surface area contributed by atoms with E-state index < -0.39 is 0 Å². The number of hydrogen-bond donors (Lipinski definition) is 2. The normalized spacial score (nSPS) is 15.0. The van der Waals surface area contributed by atoms with Gasteiger partial charge in [0.25, 0.3) is 0 Å². The second-order valence-corrected chi connectivity index (χ2v) is 7.37. The number of aromatic hydroxyl groups is 1. The lowest BCUT2D eigenvalue weighted by Crippen LogP contribution is -2.40. The van der Waals surface area contributed by atoms with Crippen LogP contribution in [0.3, 0.4) is 0 Å². The first-order valence-corrected chi connectivity index (χ1v) is 9.71. The molecule has 3 rings (SSSR count). The van der Waals surface area contributed by atoms with Gasteiger partial charge >= 0.3 is 0 Å². The predicted molar refractivity (Wildman–Crippen MR) is 112 cm³/mol. The zero-order chi connectivity index (χ0) is 20.1. The van der Waals surface area contributed by atoms with Crippen LogP contribution in [-0.4, -0.2) is 34.9 Å². The third-order valence-electron chi connectivity index (χ3n) is 4.73. The standard InChI is InChI=1S/C21H20Cl2N2O3/c22-16-5-3-4-14(20(16)23)8-9-19(27)25-12-10-15(11-13-25)21(28)24-17-6-1-2-7-18(17)26/h1-9,15,26H,10-13H2,(H,24,28)/b9-8+. The number of carbonyl (C=O) groups excluding carboxylic acids is 2. The number of piperidine rings is 1. The van der Waals surface area contributed by atoms with Gasteiger partial charge < -0.3 is 15.3 Å². The Hall–Kier alpha value is -2.50. The monoisotopic (exact) mass is 418 g/mol. The van der Waals surface area contributed by atoms with Crippen molar-refractivity contribution in [1.29, 1.82) is 0 Å². The molecule has 0 spiro atoms. The molecule has 0 bridgehead atoms. The fourth-order valence-electron chi connectivity index (χ4n) is 3.09. The molecule has 0 aromatic heterocycles. The van der Waals surface area contributed by atoms with Gasteiger partial charge in [-0.2, -0.15) is 0 Å². The number of nitrogens with one attached hydrogen (secondary N) is 1. The molecule has 5 nitrogen and oxygen atoms in total. The van der Waals surface area contributed by atoms with E-state index in [0.717, 1.165) is 0 Å².